The Morgan fingerprint density at radius 1 is 0.968 bits per heavy atom. The molecule has 0 spiro atoms. The fraction of sp³-hybridized carbons (Fsp3) is 0.217. The van der Waals surface area contributed by atoms with E-state index in [0.29, 0.717) is 36.7 Å². The van der Waals surface area contributed by atoms with Crippen molar-refractivity contribution < 1.29 is 9.53 Å². The van der Waals surface area contributed by atoms with Crippen LogP contribution in [0.25, 0.3) is 22.3 Å². The summed E-state index contributed by atoms with van der Waals surface area (Å²) in [5.74, 6) is 0.374. The summed E-state index contributed by atoms with van der Waals surface area (Å²) in [4.78, 5) is 24.3. The number of hydrogen-bond acceptors (Lipinski definition) is 6. The Morgan fingerprint density at radius 3 is 2.55 bits per heavy atom. The molecule has 3 N–H and O–H groups in total. The number of aryl methyl sites for hydroxylation is 1. The smallest absolute Gasteiger partial charge is 0.407 e. The van der Waals surface area contributed by atoms with E-state index in [0.717, 1.165) is 24.0 Å². The van der Waals surface area contributed by atoms with Crippen LogP contribution in [0.2, 0.25) is 0 Å². The number of aromatic nitrogens is 4. The summed E-state index contributed by atoms with van der Waals surface area (Å²) in [5.41, 5.74) is 10.4. The molecule has 0 aliphatic carbocycles. The third-order valence-corrected chi connectivity index (χ3v) is 4.95. The molecule has 0 aliphatic rings. The Balaban J connectivity index is 1.16. The number of benzene rings is 2. The fourth-order valence-corrected chi connectivity index (χ4v) is 3.28. The number of amides is 1. The Hall–Kier alpha value is -3.94. The van der Waals surface area contributed by atoms with Crippen molar-refractivity contribution in [3.63, 3.8) is 0 Å². The van der Waals surface area contributed by atoms with Gasteiger partial charge in [-0.3, -0.25) is 0 Å². The SMILES string of the molecule is Nc1ncnc2c1ncn2CCCCOC(=O)NCc1ccc(-c2ccccc2)cc1. The molecule has 2 heterocycles. The Morgan fingerprint density at radius 2 is 1.74 bits per heavy atom. The summed E-state index contributed by atoms with van der Waals surface area (Å²) in [6.45, 7) is 1.49. The van der Waals surface area contributed by atoms with Crippen LogP contribution in [0.3, 0.4) is 0 Å². The molecule has 0 aliphatic heterocycles. The number of ether oxygens (including phenoxy) is 1. The number of nitrogens with one attached hydrogen (secondary N) is 1. The van der Waals surface area contributed by atoms with Crippen molar-refractivity contribution in [2.75, 3.05) is 12.3 Å². The highest BCUT2D eigenvalue weighted by molar-refractivity contribution is 5.81. The maximum atomic E-state index is 11.9. The third-order valence-electron chi connectivity index (χ3n) is 4.95. The number of carbonyl (C=O) groups is 1. The number of nitrogens with zero attached hydrogens (tertiary/aromatic N) is 4. The summed E-state index contributed by atoms with van der Waals surface area (Å²) in [7, 11) is 0. The predicted molar refractivity (Wildman–Crippen MR) is 119 cm³/mol. The first-order valence-electron chi connectivity index (χ1n) is 10.2. The van der Waals surface area contributed by atoms with Crippen molar-refractivity contribution in [3.05, 3.63) is 72.8 Å². The molecular weight excluding hydrogens is 392 g/mol. The summed E-state index contributed by atoms with van der Waals surface area (Å²) >= 11 is 0. The van der Waals surface area contributed by atoms with Gasteiger partial charge in [0.05, 0.1) is 12.9 Å². The van der Waals surface area contributed by atoms with E-state index in [9.17, 15) is 4.79 Å². The van der Waals surface area contributed by atoms with E-state index in [1.165, 1.54) is 11.9 Å². The average molecular weight is 416 g/mol. The van der Waals surface area contributed by atoms with E-state index < -0.39 is 6.09 Å². The minimum absolute atomic E-state index is 0.350. The predicted octanol–water partition coefficient (Wildman–Crippen LogP) is 3.78. The first-order valence-corrected chi connectivity index (χ1v) is 10.2. The van der Waals surface area contributed by atoms with Gasteiger partial charge in [-0.2, -0.15) is 0 Å². The first kappa shape index (κ1) is 20.3. The maximum absolute atomic E-state index is 11.9. The summed E-state index contributed by atoms with van der Waals surface area (Å²) in [5, 5.41) is 2.79. The molecule has 4 rings (SSSR count). The van der Waals surface area contributed by atoms with Crippen molar-refractivity contribution in [1.29, 1.82) is 0 Å². The van der Waals surface area contributed by atoms with Crippen LogP contribution in [-0.2, 0) is 17.8 Å². The Bertz CT molecular complexity index is 1140. The quantitative estimate of drug-likeness (QED) is 0.423. The van der Waals surface area contributed by atoms with E-state index in [1.54, 1.807) is 6.33 Å². The van der Waals surface area contributed by atoms with Crippen molar-refractivity contribution in [2.24, 2.45) is 0 Å². The molecule has 0 saturated carbocycles. The van der Waals surface area contributed by atoms with Crippen LogP contribution >= 0.6 is 0 Å². The van der Waals surface area contributed by atoms with Crippen LogP contribution in [0, 0.1) is 0 Å². The Labute approximate surface area is 180 Å². The van der Waals surface area contributed by atoms with Crippen LogP contribution < -0.4 is 11.1 Å². The van der Waals surface area contributed by atoms with Crippen LogP contribution in [0.5, 0.6) is 0 Å². The zero-order valence-electron chi connectivity index (χ0n) is 17.1. The van der Waals surface area contributed by atoms with Crippen molar-refractivity contribution in [2.45, 2.75) is 25.9 Å². The molecule has 8 nitrogen and oxygen atoms in total. The van der Waals surface area contributed by atoms with Gasteiger partial charge in [-0.25, -0.2) is 19.7 Å². The summed E-state index contributed by atoms with van der Waals surface area (Å²) in [6, 6.07) is 18.3. The van der Waals surface area contributed by atoms with Crippen LogP contribution in [-0.4, -0.2) is 32.2 Å². The molecule has 2 aromatic heterocycles. The molecule has 0 fully saturated rings. The lowest BCUT2D eigenvalue weighted by Gasteiger charge is -2.08. The molecule has 4 aromatic rings. The highest BCUT2D eigenvalue weighted by Gasteiger charge is 2.08. The van der Waals surface area contributed by atoms with Crippen molar-refractivity contribution in [1.82, 2.24) is 24.8 Å². The number of imidazole rings is 1. The van der Waals surface area contributed by atoms with E-state index in [-0.39, 0.29) is 0 Å². The van der Waals surface area contributed by atoms with Gasteiger partial charge in [-0.1, -0.05) is 54.6 Å². The zero-order valence-corrected chi connectivity index (χ0v) is 17.1. The highest BCUT2D eigenvalue weighted by Crippen LogP contribution is 2.19. The van der Waals surface area contributed by atoms with Gasteiger partial charge < -0.3 is 20.4 Å². The number of alkyl carbamates (subject to hydrolysis) is 1. The van der Waals surface area contributed by atoms with Gasteiger partial charge in [-0.15, -0.1) is 0 Å². The lowest BCUT2D eigenvalue weighted by Crippen LogP contribution is -2.24. The lowest BCUT2D eigenvalue weighted by atomic mass is 10.0. The summed E-state index contributed by atoms with van der Waals surface area (Å²) in [6.07, 6.45) is 4.27. The van der Waals surface area contributed by atoms with E-state index >= 15 is 0 Å². The molecular formula is C23H24N6O2. The molecule has 8 heteroatoms. The van der Waals surface area contributed by atoms with Crippen molar-refractivity contribution in [3.8, 4) is 11.1 Å². The topological polar surface area (TPSA) is 108 Å². The monoisotopic (exact) mass is 416 g/mol. The Kier molecular flexibility index (Phi) is 6.37. The minimum atomic E-state index is -0.416. The van der Waals surface area contributed by atoms with Gasteiger partial charge in [-0.05, 0) is 29.5 Å². The van der Waals surface area contributed by atoms with Crippen LogP contribution in [0.15, 0.2) is 67.3 Å². The van der Waals surface area contributed by atoms with Gasteiger partial charge in [0.15, 0.2) is 11.5 Å². The first-order chi connectivity index (χ1) is 15.2. The summed E-state index contributed by atoms with van der Waals surface area (Å²) < 4.78 is 7.19. The fourth-order valence-electron chi connectivity index (χ4n) is 3.28. The van der Waals surface area contributed by atoms with E-state index in [2.05, 4.69) is 44.5 Å². The molecule has 0 atom stereocenters. The second-order valence-corrected chi connectivity index (χ2v) is 7.13. The second kappa shape index (κ2) is 9.71. The number of nitrogens with two attached hydrogens (primary N) is 1. The number of carbonyl (C=O) groups excluding carboxylic acids is 1. The standard InChI is InChI=1S/C23H24N6O2/c24-21-20-22(27-15-26-21)29(16-28-20)12-4-5-13-31-23(30)25-14-17-8-10-19(11-9-17)18-6-2-1-3-7-18/h1-3,6-11,15-16H,4-5,12-14H2,(H,25,30)(H2,24,26,27). The number of rotatable bonds is 8. The van der Waals surface area contributed by atoms with E-state index in [1.807, 2.05) is 34.9 Å². The van der Waals surface area contributed by atoms with Crippen LogP contribution in [0.1, 0.15) is 18.4 Å². The average Bonchev–Trinajstić information content (AvgIpc) is 3.23. The van der Waals surface area contributed by atoms with Gasteiger partial charge in [0, 0.05) is 13.1 Å². The van der Waals surface area contributed by atoms with Crippen LogP contribution in [0.4, 0.5) is 10.6 Å². The highest BCUT2D eigenvalue weighted by atomic mass is 16.5. The molecule has 0 saturated heterocycles. The second-order valence-electron chi connectivity index (χ2n) is 7.13. The minimum Gasteiger partial charge on any atom is -0.450 e. The van der Waals surface area contributed by atoms with Gasteiger partial charge in [0.1, 0.15) is 11.8 Å². The van der Waals surface area contributed by atoms with Gasteiger partial charge >= 0.3 is 6.09 Å². The normalized spacial score (nSPS) is 10.8. The largest absolute Gasteiger partial charge is 0.450 e. The molecule has 0 unspecified atom stereocenters. The third kappa shape index (κ3) is 5.16. The van der Waals surface area contributed by atoms with Crippen molar-refractivity contribution >= 4 is 23.1 Å². The van der Waals surface area contributed by atoms with Gasteiger partial charge in [0.25, 0.3) is 0 Å². The zero-order chi connectivity index (χ0) is 21.5. The number of fused-ring (bicyclic) bond motifs is 1. The number of unbranched alkanes of at least 4 members (excludes halogenated alkanes) is 1. The molecule has 0 radical (unpaired) electrons. The van der Waals surface area contributed by atoms with Gasteiger partial charge in [0.2, 0.25) is 0 Å². The molecule has 31 heavy (non-hydrogen) atoms. The molecule has 0 bridgehead atoms. The van der Waals surface area contributed by atoms with E-state index in [4.69, 9.17) is 10.5 Å². The number of hydrogen-bond donors (Lipinski definition) is 2. The number of nitrogen functional groups attached to an aromatic ring is 1. The lowest BCUT2D eigenvalue weighted by molar-refractivity contribution is 0.143. The molecule has 1 amide bonds. The molecule has 158 valence electrons. The number of anilines is 1. The maximum Gasteiger partial charge on any atom is 0.407 e. The molecule has 2 aromatic carbocycles.